The van der Waals surface area contributed by atoms with Crippen LogP contribution in [0.3, 0.4) is 0 Å². The molecule has 6 nitrogen and oxygen atoms in total. The Labute approximate surface area is 190 Å². The number of nitrogens with zero attached hydrogens (tertiary/aromatic N) is 3. The number of thioether (sulfide) groups is 1. The molecule has 31 heavy (non-hydrogen) atoms. The smallest absolute Gasteiger partial charge is 0.227 e. The minimum absolute atomic E-state index is 0.146. The predicted octanol–water partition coefficient (Wildman–Crippen LogP) is 5.85. The van der Waals surface area contributed by atoms with Crippen molar-refractivity contribution in [3.63, 3.8) is 0 Å². The van der Waals surface area contributed by atoms with Crippen LogP contribution in [-0.4, -0.2) is 21.0 Å². The Morgan fingerprint density at radius 1 is 1.13 bits per heavy atom. The Balaban J connectivity index is 1.25. The molecular formula is C21H16ClFN4O2S2. The van der Waals surface area contributed by atoms with Crippen LogP contribution in [0.2, 0.25) is 5.02 Å². The number of amides is 1. The molecule has 4 aromatic rings. The van der Waals surface area contributed by atoms with Gasteiger partial charge in [0.1, 0.15) is 5.82 Å². The van der Waals surface area contributed by atoms with Crippen molar-refractivity contribution in [2.24, 2.45) is 0 Å². The number of aryl methyl sites for hydroxylation is 1. The molecule has 0 aliphatic rings. The van der Waals surface area contributed by atoms with E-state index in [9.17, 15) is 9.18 Å². The molecule has 10 heteroatoms. The quantitative estimate of drug-likeness (QED) is 0.323. The number of hydrogen-bond acceptors (Lipinski definition) is 7. The largest absolute Gasteiger partial charge is 0.339 e. The number of benzene rings is 2. The molecule has 1 amide bonds. The van der Waals surface area contributed by atoms with Crippen molar-refractivity contribution in [1.82, 2.24) is 15.1 Å². The maximum absolute atomic E-state index is 13.1. The first-order valence-electron chi connectivity index (χ1n) is 9.26. The SMILES string of the molecule is O=C(CCc1nc(CSc2nc(-c3ccc(F)cc3)cs2)no1)Nc1ccc(Cl)cc1. The van der Waals surface area contributed by atoms with Gasteiger partial charge >= 0.3 is 0 Å². The molecular weight excluding hydrogens is 459 g/mol. The van der Waals surface area contributed by atoms with Crippen molar-refractivity contribution in [3.8, 4) is 11.3 Å². The van der Waals surface area contributed by atoms with Gasteiger partial charge in [0.05, 0.1) is 11.4 Å². The molecule has 158 valence electrons. The third-order valence-corrected chi connectivity index (χ3v) is 6.42. The van der Waals surface area contributed by atoms with Gasteiger partial charge in [-0.1, -0.05) is 28.5 Å². The number of hydrogen-bond donors (Lipinski definition) is 1. The highest BCUT2D eigenvalue weighted by atomic mass is 35.5. The molecule has 0 radical (unpaired) electrons. The van der Waals surface area contributed by atoms with Gasteiger partial charge in [0.2, 0.25) is 11.8 Å². The van der Waals surface area contributed by atoms with Crippen LogP contribution in [0, 0.1) is 5.82 Å². The highest BCUT2D eigenvalue weighted by Gasteiger charge is 2.12. The summed E-state index contributed by atoms with van der Waals surface area (Å²) >= 11 is 8.83. The van der Waals surface area contributed by atoms with Gasteiger partial charge in [-0.3, -0.25) is 4.79 Å². The van der Waals surface area contributed by atoms with Gasteiger partial charge in [-0.15, -0.1) is 11.3 Å². The zero-order valence-corrected chi connectivity index (χ0v) is 18.4. The topological polar surface area (TPSA) is 80.9 Å². The summed E-state index contributed by atoms with van der Waals surface area (Å²) in [7, 11) is 0. The summed E-state index contributed by atoms with van der Waals surface area (Å²) in [5, 5.41) is 9.29. The van der Waals surface area contributed by atoms with Crippen molar-refractivity contribution in [1.29, 1.82) is 0 Å². The monoisotopic (exact) mass is 474 g/mol. The molecule has 0 aliphatic carbocycles. The molecule has 0 bridgehead atoms. The van der Waals surface area contributed by atoms with E-state index in [1.54, 1.807) is 36.4 Å². The molecule has 0 saturated heterocycles. The van der Waals surface area contributed by atoms with Crippen LogP contribution in [-0.2, 0) is 17.0 Å². The van der Waals surface area contributed by atoms with E-state index in [2.05, 4.69) is 20.4 Å². The summed E-state index contributed by atoms with van der Waals surface area (Å²) in [4.78, 5) is 20.9. The van der Waals surface area contributed by atoms with Gasteiger partial charge in [0, 0.05) is 34.5 Å². The fraction of sp³-hybridized carbons (Fsp3) is 0.143. The van der Waals surface area contributed by atoms with Gasteiger partial charge in [0.15, 0.2) is 10.2 Å². The number of thiazole rings is 1. The Bertz CT molecular complexity index is 1160. The maximum atomic E-state index is 13.1. The Hall–Kier alpha value is -2.75. The van der Waals surface area contributed by atoms with Crippen molar-refractivity contribution < 1.29 is 13.7 Å². The van der Waals surface area contributed by atoms with Gasteiger partial charge < -0.3 is 9.84 Å². The van der Waals surface area contributed by atoms with Crippen molar-refractivity contribution >= 4 is 46.3 Å². The maximum Gasteiger partial charge on any atom is 0.227 e. The summed E-state index contributed by atoms with van der Waals surface area (Å²) < 4.78 is 19.1. The van der Waals surface area contributed by atoms with E-state index >= 15 is 0 Å². The normalized spacial score (nSPS) is 10.9. The summed E-state index contributed by atoms with van der Waals surface area (Å²) in [6, 6.07) is 13.1. The van der Waals surface area contributed by atoms with Gasteiger partial charge in [-0.05, 0) is 48.5 Å². The minimum Gasteiger partial charge on any atom is -0.339 e. The average molecular weight is 475 g/mol. The molecule has 2 aromatic heterocycles. The number of halogens is 2. The Morgan fingerprint density at radius 2 is 1.90 bits per heavy atom. The molecule has 4 rings (SSSR count). The first-order valence-corrected chi connectivity index (χ1v) is 11.5. The van der Waals surface area contributed by atoms with Crippen molar-refractivity contribution in [2.75, 3.05) is 5.32 Å². The van der Waals surface area contributed by atoms with Gasteiger partial charge in [-0.2, -0.15) is 4.98 Å². The van der Waals surface area contributed by atoms with Gasteiger partial charge in [0.25, 0.3) is 0 Å². The average Bonchev–Trinajstić information content (AvgIpc) is 3.42. The first kappa shape index (κ1) is 21.5. The number of nitrogens with one attached hydrogen (secondary N) is 1. The fourth-order valence-electron chi connectivity index (χ4n) is 2.63. The van der Waals surface area contributed by atoms with Crippen LogP contribution in [0.5, 0.6) is 0 Å². The van der Waals surface area contributed by atoms with Crippen LogP contribution >= 0.6 is 34.7 Å². The molecule has 2 heterocycles. The lowest BCUT2D eigenvalue weighted by molar-refractivity contribution is -0.116. The van der Waals surface area contributed by atoms with Crippen LogP contribution in [0.15, 0.2) is 62.8 Å². The molecule has 0 unspecified atom stereocenters. The molecule has 0 atom stereocenters. The number of rotatable bonds is 8. The van der Waals surface area contributed by atoms with E-state index in [0.29, 0.717) is 34.6 Å². The third-order valence-electron chi connectivity index (χ3n) is 4.15. The second-order valence-electron chi connectivity index (χ2n) is 6.45. The summed E-state index contributed by atoms with van der Waals surface area (Å²) in [5.74, 6) is 1.03. The second kappa shape index (κ2) is 10.0. The first-order chi connectivity index (χ1) is 15.0. The minimum atomic E-state index is -0.274. The van der Waals surface area contributed by atoms with Crippen LogP contribution in [0.4, 0.5) is 10.1 Å². The zero-order valence-electron chi connectivity index (χ0n) is 16.0. The number of aromatic nitrogens is 3. The summed E-state index contributed by atoms with van der Waals surface area (Å²) in [6.45, 7) is 0. The van der Waals surface area contributed by atoms with E-state index in [1.807, 2.05) is 5.38 Å². The second-order valence-corrected chi connectivity index (χ2v) is 8.97. The third kappa shape index (κ3) is 6.13. The van der Waals surface area contributed by atoms with E-state index in [1.165, 1.54) is 35.2 Å². The van der Waals surface area contributed by atoms with E-state index in [0.717, 1.165) is 15.6 Å². The lowest BCUT2D eigenvalue weighted by Crippen LogP contribution is -2.12. The van der Waals surface area contributed by atoms with Crippen molar-refractivity contribution in [2.45, 2.75) is 22.9 Å². The van der Waals surface area contributed by atoms with Crippen LogP contribution < -0.4 is 5.32 Å². The van der Waals surface area contributed by atoms with Crippen molar-refractivity contribution in [3.05, 3.63) is 76.5 Å². The molecule has 0 fully saturated rings. The van der Waals surface area contributed by atoms with Crippen LogP contribution in [0.25, 0.3) is 11.3 Å². The summed E-state index contributed by atoms with van der Waals surface area (Å²) in [6.07, 6.45) is 0.577. The highest BCUT2D eigenvalue weighted by molar-refractivity contribution is 8.00. The highest BCUT2D eigenvalue weighted by Crippen LogP contribution is 2.30. The molecule has 2 aromatic carbocycles. The lowest BCUT2D eigenvalue weighted by Gasteiger charge is -2.03. The van der Waals surface area contributed by atoms with E-state index < -0.39 is 0 Å². The Kier molecular flexibility index (Phi) is 6.96. The fourth-order valence-corrected chi connectivity index (χ4v) is 4.43. The van der Waals surface area contributed by atoms with E-state index in [-0.39, 0.29) is 18.1 Å². The molecule has 0 aliphatic heterocycles. The van der Waals surface area contributed by atoms with Crippen LogP contribution in [0.1, 0.15) is 18.1 Å². The Morgan fingerprint density at radius 3 is 2.68 bits per heavy atom. The van der Waals surface area contributed by atoms with Gasteiger partial charge in [-0.25, -0.2) is 9.37 Å². The van der Waals surface area contributed by atoms with E-state index in [4.69, 9.17) is 16.1 Å². The summed E-state index contributed by atoms with van der Waals surface area (Å²) in [5.41, 5.74) is 2.34. The molecule has 0 spiro atoms. The number of carbonyl (C=O) groups excluding carboxylic acids is 1. The number of carbonyl (C=O) groups is 1. The predicted molar refractivity (Wildman–Crippen MR) is 120 cm³/mol. The standard InChI is InChI=1S/C21H16ClFN4O2S2/c22-14-3-7-16(8-4-14)24-19(28)9-10-20-26-18(27-29-20)12-31-21-25-17(11-30-21)13-1-5-15(23)6-2-13/h1-8,11H,9-10,12H2,(H,24,28). The number of anilines is 1. The molecule has 0 saturated carbocycles. The zero-order chi connectivity index (χ0) is 21.6. The molecule has 1 N–H and O–H groups in total. The lowest BCUT2D eigenvalue weighted by atomic mass is 10.2.